The number of phosphoric ester groups is 1. The molecule has 0 fully saturated rings. The molecule has 8 nitrogen and oxygen atoms in total. The van der Waals surface area contributed by atoms with Gasteiger partial charge in [-0.3, -0.25) is 13.8 Å². The highest BCUT2D eigenvalue weighted by molar-refractivity contribution is 7.47. The maximum absolute atomic E-state index is 12.3. The number of allylic oxidation sites excluding steroid dienone is 2. The molecule has 3 N–H and O–H groups in total. The van der Waals surface area contributed by atoms with Gasteiger partial charge in [-0.05, 0) is 38.5 Å². The van der Waals surface area contributed by atoms with Gasteiger partial charge in [0.15, 0.2) is 0 Å². The van der Waals surface area contributed by atoms with E-state index in [0.717, 1.165) is 32.1 Å². The Morgan fingerprint density at radius 3 is 1.85 bits per heavy atom. The Bertz CT molecular complexity index is 633. The zero-order chi connectivity index (χ0) is 29.6. The Morgan fingerprint density at radius 1 is 0.725 bits per heavy atom. The summed E-state index contributed by atoms with van der Waals surface area (Å²) >= 11 is 0. The molecular weight excluding hydrogens is 529 g/mol. The van der Waals surface area contributed by atoms with Crippen LogP contribution in [-0.4, -0.2) is 49.9 Å². The summed E-state index contributed by atoms with van der Waals surface area (Å²) in [5.74, 6) is -0.340. The molecule has 2 unspecified atom stereocenters. The van der Waals surface area contributed by atoms with Gasteiger partial charge < -0.3 is 20.1 Å². The number of carbonyl (C=O) groups excluding carboxylic acids is 1. The number of carbonyl (C=O) groups is 1. The molecule has 0 aliphatic carbocycles. The van der Waals surface area contributed by atoms with Crippen LogP contribution >= 0.6 is 7.82 Å². The lowest BCUT2D eigenvalue weighted by molar-refractivity contribution is -0.154. The SMILES string of the molecule is CCCCCC/C=C\CCCCCCCCOCC(COP(=O)(O)OCCN)OC(=O)CCCCCCCCC. The van der Waals surface area contributed by atoms with Crippen LogP contribution in [0.4, 0.5) is 0 Å². The first-order valence-corrected chi connectivity index (χ1v) is 17.7. The predicted molar refractivity (Wildman–Crippen MR) is 164 cm³/mol. The molecule has 0 aliphatic rings. The molecule has 0 saturated carbocycles. The maximum atomic E-state index is 12.3. The number of hydrogen-bond acceptors (Lipinski definition) is 7. The van der Waals surface area contributed by atoms with Crippen molar-refractivity contribution in [2.75, 3.05) is 33.0 Å². The maximum Gasteiger partial charge on any atom is 0.472 e. The third kappa shape index (κ3) is 28.8. The number of rotatable bonds is 31. The Kier molecular flexibility index (Phi) is 29.2. The number of phosphoric acid groups is 1. The molecule has 0 aliphatic heterocycles. The molecule has 0 aromatic carbocycles. The van der Waals surface area contributed by atoms with Crippen molar-refractivity contribution < 1.29 is 32.8 Å². The summed E-state index contributed by atoms with van der Waals surface area (Å²) in [6.45, 7) is 4.84. The quantitative estimate of drug-likeness (QED) is 0.0357. The molecule has 0 spiro atoms. The molecule has 0 aromatic heterocycles. The first-order valence-electron chi connectivity index (χ1n) is 16.2. The molecule has 0 bridgehead atoms. The van der Waals surface area contributed by atoms with Crippen LogP contribution in [0, 0.1) is 0 Å². The lowest BCUT2D eigenvalue weighted by atomic mass is 10.1. The summed E-state index contributed by atoms with van der Waals surface area (Å²) in [6.07, 6.45) is 26.6. The van der Waals surface area contributed by atoms with E-state index in [1.807, 2.05) is 0 Å². The fraction of sp³-hybridized carbons (Fsp3) is 0.903. The molecule has 238 valence electrons. The largest absolute Gasteiger partial charge is 0.472 e. The molecule has 0 amide bonds. The minimum atomic E-state index is -4.25. The van der Waals surface area contributed by atoms with Gasteiger partial charge in [0.1, 0.15) is 6.10 Å². The van der Waals surface area contributed by atoms with Crippen LogP contribution in [0.1, 0.15) is 142 Å². The zero-order valence-electron chi connectivity index (χ0n) is 25.8. The Balaban J connectivity index is 4.10. The van der Waals surface area contributed by atoms with Crippen molar-refractivity contribution in [2.24, 2.45) is 5.73 Å². The van der Waals surface area contributed by atoms with Gasteiger partial charge in [0.25, 0.3) is 0 Å². The zero-order valence-corrected chi connectivity index (χ0v) is 26.7. The third-order valence-electron chi connectivity index (χ3n) is 6.68. The highest BCUT2D eigenvalue weighted by Gasteiger charge is 2.25. The minimum absolute atomic E-state index is 0.0944. The van der Waals surface area contributed by atoms with E-state index >= 15 is 0 Å². The van der Waals surface area contributed by atoms with Crippen LogP contribution in [0.15, 0.2) is 12.2 Å². The highest BCUT2D eigenvalue weighted by atomic mass is 31.2. The van der Waals surface area contributed by atoms with E-state index < -0.39 is 13.9 Å². The van der Waals surface area contributed by atoms with Crippen molar-refractivity contribution in [2.45, 2.75) is 148 Å². The fourth-order valence-corrected chi connectivity index (χ4v) is 5.05. The number of unbranched alkanes of at least 4 members (excludes halogenated alkanes) is 16. The second kappa shape index (κ2) is 29.7. The van der Waals surface area contributed by atoms with Crippen molar-refractivity contribution in [1.29, 1.82) is 0 Å². The summed E-state index contributed by atoms with van der Waals surface area (Å²) in [6, 6.07) is 0. The van der Waals surface area contributed by atoms with Crippen molar-refractivity contribution >= 4 is 13.8 Å². The predicted octanol–water partition coefficient (Wildman–Crippen LogP) is 8.41. The molecule has 2 atom stereocenters. The van der Waals surface area contributed by atoms with E-state index in [-0.39, 0.29) is 32.3 Å². The normalized spacial score (nSPS) is 14.0. The van der Waals surface area contributed by atoms with Crippen molar-refractivity contribution in [3.05, 3.63) is 12.2 Å². The van der Waals surface area contributed by atoms with Crippen LogP contribution in [0.5, 0.6) is 0 Å². The van der Waals surface area contributed by atoms with Gasteiger partial charge in [0.2, 0.25) is 0 Å². The van der Waals surface area contributed by atoms with Crippen LogP contribution in [0.2, 0.25) is 0 Å². The van der Waals surface area contributed by atoms with Gasteiger partial charge in [-0.15, -0.1) is 0 Å². The Labute approximate surface area is 245 Å². The molecule has 0 aromatic rings. The summed E-state index contributed by atoms with van der Waals surface area (Å²) in [5, 5.41) is 0. The highest BCUT2D eigenvalue weighted by Crippen LogP contribution is 2.43. The number of esters is 1. The molecule has 0 rings (SSSR count). The van der Waals surface area contributed by atoms with Crippen LogP contribution in [-0.2, 0) is 27.9 Å². The Hall–Kier alpha value is -0.760. The van der Waals surface area contributed by atoms with Crippen molar-refractivity contribution in [1.82, 2.24) is 0 Å². The molecular formula is C31H62NO7P. The Morgan fingerprint density at radius 2 is 1.25 bits per heavy atom. The van der Waals surface area contributed by atoms with Crippen LogP contribution in [0.25, 0.3) is 0 Å². The third-order valence-corrected chi connectivity index (χ3v) is 7.67. The number of ether oxygens (including phenoxy) is 2. The van der Waals surface area contributed by atoms with Gasteiger partial charge in [-0.1, -0.05) is 109 Å². The van der Waals surface area contributed by atoms with Gasteiger partial charge in [0, 0.05) is 19.6 Å². The molecule has 40 heavy (non-hydrogen) atoms. The van der Waals surface area contributed by atoms with E-state index in [4.69, 9.17) is 24.3 Å². The van der Waals surface area contributed by atoms with E-state index in [2.05, 4.69) is 26.0 Å². The second-order valence-corrected chi connectivity index (χ2v) is 12.1. The van der Waals surface area contributed by atoms with Gasteiger partial charge >= 0.3 is 13.8 Å². The number of hydrogen-bond donors (Lipinski definition) is 2. The van der Waals surface area contributed by atoms with Crippen molar-refractivity contribution in [3.63, 3.8) is 0 Å². The lowest BCUT2D eigenvalue weighted by Gasteiger charge is -2.20. The summed E-state index contributed by atoms with van der Waals surface area (Å²) in [7, 11) is -4.25. The van der Waals surface area contributed by atoms with Crippen molar-refractivity contribution in [3.8, 4) is 0 Å². The summed E-state index contributed by atoms with van der Waals surface area (Å²) in [4.78, 5) is 22.1. The van der Waals surface area contributed by atoms with Gasteiger partial charge in [-0.2, -0.15) is 0 Å². The van der Waals surface area contributed by atoms with Crippen LogP contribution in [0.3, 0.4) is 0 Å². The molecule has 0 saturated heterocycles. The first kappa shape index (κ1) is 39.2. The number of nitrogens with two attached hydrogens (primary N) is 1. The topological polar surface area (TPSA) is 117 Å². The van der Waals surface area contributed by atoms with E-state index in [1.165, 1.54) is 89.9 Å². The van der Waals surface area contributed by atoms with Gasteiger partial charge in [-0.25, -0.2) is 4.57 Å². The molecule has 9 heteroatoms. The van der Waals surface area contributed by atoms with E-state index in [0.29, 0.717) is 13.0 Å². The minimum Gasteiger partial charge on any atom is -0.457 e. The molecule has 0 heterocycles. The van der Waals surface area contributed by atoms with E-state index in [1.54, 1.807) is 0 Å². The average molecular weight is 592 g/mol. The summed E-state index contributed by atoms with van der Waals surface area (Å²) in [5.41, 5.74) is 5.32. The summed E-state index contributed by atoms with van der Waals surface area (Å²) < 4.78 is 33.0. The average Bonchev–Trinajstić information content (AvgIpc) is 2.94. The monoisotopic (exact) mass is 591 g/mol. The lowest BCUT2D eigenvalue weighted by Crippen LogP contribution is -2.28. The smallest absolute Gasteiger partial charge is 0.457 e. The van der Waals surface area contributed by atoms with E-state index in [9.17, 15) is 14.3 Å². The molecule has 0 radical (unpaired) electrons. The second-order valence-electron chi connectivity index (χ2n) is 10.7. The standard InChI is InChI=1S/C31H62NO7P/c1-3-5-7-9-11-12-13-14-15-16-17-19-21-23-26-36-28-30(29-38-40(34,35)37-27-25-32)39-31(33)24-22-20-18-10-8-6-4-2/h12-13,30H,3-11,14-29,32H2,1-2H3,(H,34,35)/b13-12-. The van der Waals surface area contributed by atoms with Crippen LogP contribution < -0.4 is 5.73 Å². The van der Waals surface area contributed by atoms with Gasteiger partial charge in [0.05, 0.1) is 19.8 Å². The first-order chi connectivity index (χ1) is 19.4. The fourth-order valence-electron chi connectivity index (χ4n) is 4.28.